The summed E-state index contributed by atoms with van der Waals surface area (Å²) in [5, 5.41) is 0. The molecule has 0 aromatic heterocycles. The highest BCUT2D eigenvalue weighted by molar-refractivity contribution is 9.10. The molecule has 0 heterocycles. The van der Waals surface area contributed by atoms with Crippen LogP contribution in [0.5, 0.6) is 0 Å². The highest BCUT2D eigenvalue weighted by Gasteiger charge is 1.86. The zero-order valence-corrected chi connectivity index (χ0v) is 7.21. The van der Waals surface area contributed by atoms with Gasteiger partial charge in [0.2, 0.25) is 0 Å². The molecule has 0 spiro atoms. The van der Waals surface area contributed by atoms with Gasteiger partial charge in [-0.3, -0.25) is 0 Å². The van der Waals surface area contributed by atoms with Crippen LogP contribution in [0.4, 0.5) is 0 Å². The second-order valence-electron chi connectivity index (χ2n) is 1.60. The quantitative estimate of drug-likeness (QED) is 0.629. The number of hydrogen-bond acceptors (Lipinski definition) is 1. The molecule has 9 heavy (non-hydrogen) atoms. The molecule has 0 amide bonds. The molecule has 1 rings (SSSR count). The number of rotatable bonds is 1. The van der Waals surface area contributed by atoms with Crippen LogP contribution < -0.4 is 0 Å². The fraction of sp³-hybridized carbons (Fsp3) is 0. The van der Waals surface area contributed by atoms with E-state index in [1.54, 1.807) is 0 Å². The van der Waals surface area contributed by atoms with Crippen molar-refractivity contribution in [2.75, 3.05) is 0 Å². The minimum atomic E-state index is 1.11. The first-order valence-electron chi connectivity index (χ1n) is 2.50. The van der Waals surface area contributed by atoms with E-state index in [4.69, 9.17) is 0 Å². The SMILES string of the molecule is [CH2]Sc1ccc(Br)cc1. The maximum atomic E-state index is 3.69. The molecule has 0 aliphatic carbocycles. The molecule has 1 aromatic carbocycles. The first-order chi connectivity index (χ1) is 4.33. The van der Waals surface area contributed by atoms with E-state index in [2.05, 4.69) is 22.2 Å². The minimum Gasteiger partial charge on any atom is -0.125 e. The molecular formula is C7H6BrS. The van der Waals surface area contributed by atoms with Gasteiger partial charge in [-0.15, -0.1) is 11.8 Å². The van der Waals surface area contributed by atoms with Crippen molar-refractivity contribution in [2.45, 2.75) is 4.90 Å². The molecule has 0 nitrogen and oxygen atoms in total. The topological polar surface area (TPSA) is 0 Å². The number of benzene rings is 1. The van der Waals surface area contributed by atoms with Crippen LogP contribution in [0.2, 0.25) is 0 Å². The van der Waals surface area contributed by atoms with Crippen LogP contribution in [-0.2, 0) is 0 Å². The van der Waals surface area contributed by atoms with Gasteiger partial charge in [0.15, 0.2) is 0 Å². The molecule has 47 valence electrons. The van der Waals surface area contributed by atoms with Gasteiger partial charge in [0, 0.05) is 15.6 Å². The second kappa shape index (κ2) is 3.28. The third-order valence-electron chi connectivity index (χ3n) is 0.980. The standard InChI is InChI=1S/C7H6BrS/c1-9-7-4-2-6(8)3-5-7/h2-5H,1H2. The zero-order valence-electron chi connectivity index (χ0n) is 4.80. The van der Waals surface area contributed by atoms with E-state index in [1.165, 1.54) is 16.7 Å². The summed E-state index contributed by atoms with van der Waals surface area (Å²) in [6.45, 7) is 0. The largest absolute Gasteiger partial charge is 0.125 e. The summed E-state index contributed by atoms with van der Waals surface area (Å²) >= 11 is 4.85. The van der Waals surface area contributed by atoms with Crippen molar-refractivity contribution in [3.05, 3.63) is 35.0 Å². The van der Waals surface area contributed by atoms with Gasteiger partial charge < -0.3 is 0 Å². The first kappa shape index (κ1) is 7.16. The van der Waals surface area contributed by atoms with Gasteiger partial charge in [0.05, 0.1) is 0 Å². The van der Waals surface area contributed by atoms with Crippen molar-refractivity contribution in [2.24, 2.45) is 0 Å². The summed E-state index contributed by atoms with van der Waals surface area (Å²) in [4.78, 5) is 1.19. The summed E-state index contributed by atoms with van der Waals surface area (Å²) < 4.78 is 1.11. The summed E-state index contributed by atoms with van der Waals surface area (Å²) in [6.07, 6.45) is 3.69. The molecule has 0 aliphatic rings. The average molecular weight is 202 g/mol. The van der Waals surface area contributed by atoms with Crippen molar-refractivity contribution in [1.29, 1.82) is 0 Å². The van der Waals surface area contributed by atoms with Crippen LogP contribution >= 0.6 is 27.7 Å². The molecule has 1 aromatic rings. The molecule has 0 N–H and O–H groups in total. The lowest BCUT2D eigenvalue weighted by atomic mass is 10.4. The van der Waals surface area contributed by atoms with E-state index in [1.807, 2.05) is 24.3 Å². The summed E-state index contributed by atoms with van der Waals surface area (Å²) in [5.74, 6) is 0. The first-order valence-corrected chi connectivity index (χ1v) is 4.28. The third-order valence-corrected chi connectivity index (χ3v) is 2.11. The Labute approximate surface area is 67.8 Å². The number of halogens is 1. The molecule has 1 radical (unpaired) electrons. The fourth-order valence-electron chi connectivity index (χ4n) is 0.531. The zero-order chi connectivity index (χ0) is 6.69. The van der Waals surface area contributed by atoms with Gasteiger partial charge >= 0.3 is 0 Å². The molecule has 0 aliphatic heterocycles. The van der Waals surface area contributed by atoms with E-state index in [0.717, 1.165) is 4.47 Å². The Morgan fingerprint density at radius 2 is 1.78 bits per heavy atom. The van der Waals surface area contributed by atoms with Gasteiger partial charge in [-0.25, -0.2) is 0 Å². The highest BCUT2D eigenvalue weighted by Crippen LogP contribution is 2.18. The van der Waals surface area contributed by atoms with Crippen LogP contribution in [0.25, 0.3) is 0 Å². The van der Waals surface area contributed by atoms with E-state index < -0.39 is 0 Å². The Morgan fingerprint density at radius 1 is 1.22 bits per heavy atom. The average Bonchev–Trinajstić information content (AvgIpc) is 1.90. The van der Waals surface area contributed by atoms with Crippen molar-refractivity contribution in [1.82, 2.24) is 0 Å². The minimum absolute atomic E-state index is 1.11. The lowest BCUT2D eigenvalue weighted by Gasteiger charge is -1.92. The van der Waals surface area contributed by atoms with Gasteiger partial charge in [-0.2, -0.15) is 0 Å². The Kier molecular flexibility index (Phi) is 2.61. The molecule has 2 heteroatoms. The van der Waals surface area contributed by atoms with Crippen LogP contribution in [-0.4, -0.2) is 0 Å². The lowest BCUT2D eigenvalue weighted by Crippen LogP contribution is -1.65. The second-order valence-corrected chi connectivity index (χ2v) is 3.27. The summed E-state index contributed by atoms with van der Waals surface area (Å²) in [6, 6.07) is 8.07. The predicted molar refractivity (Wildman–Crippen MR) is 45.4 cm³/mol. The maximum absolute atomic E-state index is 3.69. The van der Waals surface area contributed by atoms with E-state index in [-0.39, 0.29) is 0 Å². The lowest BCUT2D eigenvalue weighted by molar-refractivity contribution is 1.45. The van der Waals surface area contributed by atoms with E-state index >= 15 is 0 Å². The van der Waals surface area contributed by atoms with Crippen molar-refractivity contribution in [3.63, 3.8) is 0 Å². The van der Waals surface area contributed by atoms with E-state index in [0.29, 0.717) is 0 Å². The monoisotopic (exact) mass is 201 g/mol. The van der Waals surface area contributed by atoms with Gasteiger partial charge in [-0.05, 0) is 24.3 Å². The molecular weight excluding hydrogens is 196 g/mol. The normalized spacial score (nSPS) is 9.56. The predicted octanol–water partition coefficient (Wildman–Crippen LogP) is 3.33. The van der Waals surface area contributed by atoms with Crippen molar-refractivity contribution in [3.8, 4) is 0 Å². The molecule has 0 atom stereocenters. The van der Waals surface area contributed by atoms with Crippen molar-refractivity contribution >= 4 is 27.7 Å². The molecule has 0 bridgehead atoms. The van der Waals surface area contributed by atoms with Crippen LogP contribution in [0.15, 0.2) is 33.6 Å². The van der Waals surface area contributed by atoms with E-state index in [9.17, 15) is 0 Å². The molecule has 0 saturated carbocycles. The van der Waals surface area contributed by atoms with Gasteiger partial charge in [-0.1, -0.05) is 15.9 Å². The van der Waals surface area contributed by atoms with Gasteiger partial charge in [0.1, 0.15) is 0 Å². The van der Waals surface area contributed by atoms with Crippen LogP contribution in [0, 0.1) is 6.26 Å². The third kappa shape index (κ3) is 2.03. The Morgan fingerprint density at radius 3 is 2.22 bits per heavy atom. The Bertz CT molecular complexity index is 181. The maximum Gasteiger partial charge on any atom is 0.0176 e. The Hall–Kier alpha value is 0.0500. The molecule has 0 saturated heterocycles. The van der Waals surface area contributed by atoms with Crippen LogP contribution in [0.3, 0.4) is 0 Å². The Balaban J connectivity index is 2.88. The van der Waals surface area contributed by atoms with Crippen LogP contribution in [0.1, 0.15) is 0 Å². The molecule has 0 unspecified atom stereocenters. The number of thioether (sulfide) groups is 1. The highest BCUT2D eigenvalue weighted by atomic mass is 79.9. The summed E-state index contributed by atoms with van der Waals surface area (Å²) in [7, 11) is 0. The summed E-state index contributed by atoms with van der Waals surface area (Å²) in [5.41, 5.74) is 0. The molecule has 0 fully saturated rings. The fourth-order valence-corrected chi connectivity index (χ4v) is 1.12. The number of hydrogen-bond donors (Lipinski definition) is 0. The van der Waals surface area contributed by atoms with Crippen molar-refractivity contribution < 1.29 is 0 Å². The van der Waals surface area contributed by atoms with Gasteiger partial charge in [0.25, 0.3) is 0 Å². The smallest absolute Gasteiger partial charge is 0.0176 e.